The van der Waals surface area contributed by atoms with Crippen molar-refractivity contribution in [2.24, 2.45) is 0 Å². The number of piperazine rings is 1. The summed E-state index contributed by atoms with van der Waals surface area (Å²) in [6, 6.07) is 8.12. The maximum absolute atomic E-state index is 13.4. The second kappa shape index (κ2) is 9.29. The highest BCUT2D eigenvalue weighted by atomic mass is 19.1. The van der Waals surface area contributed by atoms with Crippen LogP contribution in [0, 0.1) is 5.82 Å². The van der Waals surface area contributed by atoms with E-state index in [1.165, 1.54) is 12.1 Å². The van der Waals surface area contributed by atoms with Gasteiger partial charge in [0.05, 0.1) is 11.9 Å². The van der Waals surface area contributed by atoms with Crippen LogP contribution in [-0.4, -0.2) is 61.9 Å². The van der Waals surface area contributed by atoms with Gasteiger partial charge in [0, 0.05) is 43.2 Å². The van der Waals surface area contributed by atoms with E-state index in [4.69, 9.17) is 0 Å². The summed E-state index contributed by atoms with van der Waals surface area (Å²) in [5, 5.41) is 4.65. The van der Waals surface area contributed by atoms with Crippen LogP contribution >= 0.6 is 0 Å². The topological polar surface area (TPSA) is 70.8 Å². The molecule has 0 aliphatic carbocycles. The number of carbonyl (C=O) groups excluding carboxylic acids is 2. The van der Waals surface area contributed by atoms with Crippen molar-refractivity contribution in [2.45, 2.75) is 52.5 Å². The molecule has 0 radical (unpaired) electrons. The number of hydrogen-bond donors (Lipinski definition) is 0. The number of nitrogens with zero attached hydrogens (tertiary/aromatic N) is 5. The van der Waals surface area contributed by atoms with Crippen LogP contribution in [0.3, 0.4) is 0 Å². The van der Waals surface area contributed by atoms with Gasteiger partial charge in [-0.2, -0.15) is 5.10 Å². The van der Waals surface area contributed by atoms with Gasteiger partial charge < -0.3 is 9.80 Å². The van der Waals surface area contributed by atoms with E-state index in [0.717, 1.165) is 17.5 Å². The highest BCUT2D eigenvalue weighted by Crippen LogP contribution is 2.26. The number of hydrogen-bond acceptors (Lipinski definition) is 4. The fourth-order valence-corrected chi connectivity index (χ4v) is 4.32. The van der Waals surface area contributed by atoms with Crippen LogP contribution < -0.4 is 0 Å². The summed E-state index contributed by atoms with van der Waals surface area (Å²) in [5.74, 6) is -0.157. The summed E-state index contributed by atoms with van der Waals surface area (Å²) < 4.78 is 15.0. The highest BCUT2D eigenvalue weighted by Gasteiger charge is 2.31. The molecular weight excluding hydrogens is 421 g/mol. The molecule has 174 valence electrons. The summed E-state index contributed by atoms with van der Waals surface area (Å²) in [5.41, 5.74) is 3.43. The van der Waals surface area contributed by atoms with Crippen LogP contribution in [0.5, 0.6) is 0 Å². The minimum absolute atomic E-state index is 0.0341. The first kappa shape index (κ1) is 22.9. The SMILES string of the molecule is CCCC(=O)N1CCN(C(=O)c2cn3nc(-c4ccc(F)cc4)cc(C(C)C)c3n2)CC1C. The second-order valence-corrected chi connectivity index (χ2v) is 8.98. The monoisotopic (exact) mass is 451 g/mol. The predicted molar refractivity (Wildman–Crippen MR) is 124 cm³/mol. The van der Waals surface area contributed by atoms with Gasteiger partial charge in [0.15, 0.2) is 5.65 Å². The third kappa shape index (κ3) is 4.60. The minimum Gasteiger partial charge on any atom is -0.336 e. The average Bonchev–Trinajstić information content (AvgIpc) is 3.22. The van der Waals surface area contributed by atoms with Gasteiger partial charge in [-0.05, 0) is 49.6 Å². The highest BCUT2D eigenvalue weighted by molar-refractivity contribution is 5.93. The normalized spacial score (nSPS) is 16.6. The predicted octanol–water partition coefficient (Wildman–Crippen LogP) is 4.13. The Kier molecular flexibility index (Phi) is 6.44. The van der Waals surface area contributed by atoms with Crippen LogP contribution in [0.1, 0.15) is 62.5 Å². The van der Waals surface area contributed by atoms with E-state index < -0.39 is 0 Å². The summed E-state index contributed by atoms with van der Waals surface area (Å²) in [6.07, 6.45) is 3.01. The zero-order chi connectivity index (χ0) is 23.7. The van der Waals surface area contributed by atoms with E-state index in [2.05, 4.69) is 23.9 Å². The molecule has 3 aromatic rings. The first-order valence-electron chi connectivity index (χ1n) is 11.5. The molecule has 1 unspecified atom stereocenters. The van der Waals surface area contributed by atoms with E-state index in [0.29, 0.717) is 43.1 Å². The Morgan fingerprint density at radius 3 is 2.55 bits per heavy atom. The lowest BCUT2D eigenvalue weighted by atomic mass is 10.0. The Hall–Kier alpha value is -3.29. The number of imidazole rings is 1. The van der Waals surface area contributed by atoms with Crippen molar-refractivity contribution in [3.63, 3.8) is 0 Å². The molecule has 0 bridgehead atoms. The van der Waals surface area contributed by atoms with Crippen LogP contribution in [0.2, 0.25) is 0 Å². The zero-order valence-corrected chi connectivity index (χ0v) is 19.6. The maximum atomic E-state index is 13.4. The number of halogens is 1. The number of benzene rings is 1. The largest absolute Gasteiger partial charge is 0.336 e. The maximum Gasteiger partial charge on any atom is 0.274 e. The van der Waals surface area contributed by atoms with Gasteiger partial charge in [-0.3, -0.25) is 9.59 Å². The van der Waals surface area contributed by atoms with Gasteiger partial charge in [0.1, 0.15) is 11.5 Å². The molecule has 0 N–H and O–H groups in total. The Bertz CT molecular complexity index is 1170. The Morgan fingerprint density at radius 1 is 1.18 bits per heavy atom. The van der Waals surface area contributed by atoms with Crippen LogP contribution in [0.4, 0.5) is 4.39 Å². The van der Waals surface area contributed by atoms with Crippen molar-refractivity contribution in [3.05, 3.63) is 53.6 Å². The van der Waals surface area contributed by atoms with E-state index in [1.54, 1.807) is 27.7 Å². The number of amides is 2. The number of fused-ring (bicyclic) bond motifs is 1. The third-order valence-corrected chi connectivity index (χ3v) is 6.13. The lowest BCUT2D eigenvalue weighted by Gasteiger charge is -2.39. The first-order chi connectivity index (χ1) is 15.8. The van der Waals surface area contributed by atoms with E-state index in [1.807, 2.05) is 24.8 Å². The molecule has 0 saturated carbocycles. The Morgan fingerprint density at radius 2 is 1.91 bits per heavy atom. The van der Waals surface area contributed by atoms with E-state index in [-0.39, 0.29) is 29.6 Å². The number of aromatic nitrogens is 3. The smallest absolute Gasteiger partial charge is 0.274 e. The molecule has 3 heterocycles. The van der Waals surface area contributed by atoms with Gasteiger partial charge >= 0.3 is 0 Å². The molecule has 1 saturated heterocycles. The van der Waals surface area contributed by atoms with Crippen molar-refractivity contribution in [1.82, 2.24) is 24.4 Å². The second-order valence-electron chi connectivity index (χ2n) is 8.98. The molecule has 1 aromatic carbocycles. The first-order valence-corrected chi connectivity index (χ1v) is 11.5. The molecule has 4 rings (SSSR count). The average molecular weight is 452 g/mol. The fraction of sp³-hybridized carbons (Fsp3) is 0.440. The fourth-order valence-electron chi connectivity index (χ4n) is 4.32. The Labute approximate surface area is 193 Å². The number of carbonyl (C=O) groups is 2. The molecular formula is C25H30FN5O2. The van der Waals surface area contributed by atoms with E-state index >= 15 is 0 Å². The molecule has 1 atom stereocenters. The van der Waals surface area contributed by atoms with E-state index in [9.17, 15) is 14.0 Å². The standard InChI is InChI=1S/C25H30FN5O2/c1-5-6-23(32)30-12-11-29(14-17(30)4)25(33)22-15-31-24(27-22)20(16(2)3)13-21(28-31)18-7-9-19(26)10-8-18/h7-10,13,15-17H,5-6,11-12,14H2,1-4H3. The molecule has 33 heavy (non-hydrogen) atoms. The zero-order valence-electron chi connectivity index (χ0n) is 19.6. The Balaban J connectivity index is 1.62. The van der Waals surface area contributed by atoms with Crippen molar-refractivity contribution < 1.29 is 14.0 Å². The van der Waals surface area contributed by atoms with Crippen LogP contribution in [-0.2, 0) is 4.79 Å². The van der Waals surface area contributed by atoms with Gasteiger partial charge in [0.2, 0.25) is 5.91 Å². The van der Waals surface area contributed by atoms with Crippen LogP contribution in [0.15, 0.2) is 36.5 Å². The quantitative estimate of drug-likeness (QED) is 0.585. The van der Waals surface area contributed by atoms with Crippen molar-refractivity contribution in [1.29, 1.82) is 0 Å². The van der Waals surface area contributed by atoms with Crippen molar-refractivity contribution in [2.75, 3.05) is 19.6 Å². The molecule has 8 heteroatoms. The van der Waals surface area contributed by atoms with Gasteiger partial charge in [-0.15, -0.1) is 0 Å². The molecule has 1 aliphatic rings. The molecule has 1 aliphatic heterocycles. The number of rotatable bonds is 5. The summed E-state index contributed by atoms with van der Waals surface area (Å²) in [6.45, 7) is 9.59. The lowest BCUT2D eigenvalue weighted by molar-refractivity contribution is -0.135. The summed E-state index contributed by atoms with van der Waals surface area (Å²) in [4.78, 5) is 33.8. The summed E-state index contributed by atoms with van der Waals surface area (Å²) >= 11 is 0. The van der Waals surface area contributed by atoms with Crippen molar-refractivity contribution >= 4 is 17.5 Å². The summed E-state index contributed by atoms with van der Waals surface area (Å²) in [7, 11) is 0. The lowest BCUT2D eigenvalue weighted by Crippen LogP contribution is -2.55. The van der Waals surface area contributed by atoms with Crippen molar-refractivity contribution in [3.8, 4) is 11.3 Å². The van der Waals surface area contributed by atoms with Gasteiger partial charge in [-0.25, -0.2) is 13.9 Å². The van der Waals surface area contributed by atoms with Gasteiger partial charge in [0.25, 0.3) is 5.91 Å². The molecule has 1 fully saturated rings. The minimum atomic E-state index is -0.301. The molecule has 0 spiro atoms. The molecule has 2 amide bonds. The third-order valence-electron chi connectivity index (χ3n) is 6.13. The molecule has 7 nitrogen and oxygen atoms in total. The van der Waals surface area contributed by atoms with Crippen LogP contribution in [0.25, 0.3) is 16.9 Å². The van der Waals surface area contributed by atoms with Gasteiger partial charge in [-0.1, -0.05) is 20.8 Å². The molecule has 2 aromatic heterocycles.